The number of benzene rings is 1. The van der Waals surface area contributed by atoms with Crippen LogP contribution in [-0.4, -0.2) is 49.0 Å². The minimum absolute atomic E-state index is 0.00502. The van der Waals surface area contributed by atoms with Crippen molar-refractivity contribution in [2.24, 2.45) is 0 Å². The fourth-order valence-corrected chi connectivity index (χ4v) is 3.29. The number of hydrogen-bond acceptors (Lipinski definition) is 6. The van der Waals surface area contributed by atoms with Crippen molar-refractivity contribution in [1.82, 2.24) is 16.0 Å². The van der Waals surface area contributed by atoms with Gasteiger partial charge in [0.2, 0.25) is 5.91 Å². The summed E-state index contributed by atoms with van der Waals surface area (Å²) in [7, 11) is 3.39. The average Bonchev–Trinajstić information content (AvgIpc) is 2.77. The number of ether oxygens (including phenoxy) is 1. The highest BCUT2D eigenvalue weighted by atomic mass is 35.5. The Kier molecular flexibility index (Phi) is 15.7. The lowest BCUT2D eigenvalue weighted by Gasteiger charge is -2.15. The number of likely N-dealkylation sites (N-methyl/N-ethyl adjacent to an activating group) is 2. The molecule has 0 aromatic heterocycles. The number of rotatable bonds is 10. The van der Waals surface area contributed by atoms with Gasteiger partial charge < -0.3 is 20.7 Å². The monoisotopic (exact) mass is 494 g/mol. The molecule has 0 saturated heterocycles. The molecule has 0 heterocycles. The molecule has 1 aromatic rings. The van der Waals surface area contributed by atoms with Crippen LogP contribution in [0.15, 0.2) is 54.7 Å². The summed E-state index contributed by atoms with van der Waals surface area (Å²) in [5, 5.41) is 16.5. The molecule has 0 saturated carbocycles. The molecule has 0 aliphatic rings. The first kappa shape index (κ1) is 30.4. The molecule has 0 radical (unpaired) electrons. The lowest BCUT2D eigenvalue weighted by Crippen LogP contribution is -2.35. The molecule has 4 N–H and O–H groups in total. The van der Waals surface area contributed by atoms with E-state index in [0.29, 0.717) is 21.4 Å². The molecule has 0 aliphatic carbocycles. The van der Waals surface area contributed by atoms with Crippen molar-refractivity contribution in [2.75, 3.05) is 20.6 Å². The molecular formula is C24H35ClN4O3S. The second-order valence-corrected chi connectivity index (χ2v) is 8.63. The zero-order chi connectivity index (χ0) is 25.4. The van der Waals surface area contributed by atoms with Gasteiger partial charge >= 0.3 is 0 Å². The first-order valence-electron chi connectivity index (χ1n) is 10.4. The van der Waals surface area contributed by atoms with Gasteiger partial charge in [0.15, 0.2) is 0 Å². The number of nitrogens with one attached hydrogen (secondary N) is 4. The van der Waals surface area contributed by atoms with E-state index < -0.39 is 0 Å². The number of allylic oxidation sites excluding steroid dienone is 3. The van der Waals surface area contributed by atoms with Crippen molar-refractivity contribution in [2.45, 2.75) is 39.2 Å². The van der Waals surface area contributed by atoms with Crippen LogP contribution in [0.1, 0.15) is 38.1 Å². The Hall–Kier alpha value is -2.55. The van der Waals surface area contributed by atoms with E-state index in [2.05, 4.69) is 22.5 Å². The molecule has 1 aromatic carbocycles. The van der Waals surface area contributed by atoms with Gasteiger partial charge in [-0.3, -0.25) is 15.0 Å². The van der Waals surface area contributed by atoms with Crippen LogP contribution in [0.3, 0.4) is 0 Å². The van der Waals surface area contributed by atoms with Crippen LogP contribution in [0.25, 0.3) is 0 Å². The van der Waals surface area contributed by atoms with Crippen molar-refractivity contribution < 1.29 is 14.3 Å². The Morgan fingerprint density at radius 1 is 1.30 bits per heavy atom. The maximum absolute atomic E-state index is 11.8. The number of carbonyl (C=O) groups is 2. The highest BCUT2D eigenvalue weighted by Crippen LogP contribution is 2.26. The van der Waals surface area contributed by atoms with E-state index in [-0.39, 0.29) is 29.8 Å². The first-order chi connectivity index (χ1) is 15.6. The minimum Gasteiger partial charge on any atom is -0.489 e. The molecule has 0 fully saturated rings. The van der Waals surface area contributed by atoms with Crippen molar-refractivity contribution in [3.63, 3.8) is 0 Å². The van der Waals surface area contributed by atoms with Gasteiger partial charge in [0.1, 0.15) is 5.75 Å². The lowest BCUT2D eigenvalue weighted by molar-refractivity contribution is -0.119. The molecule has 1 rings (SSSR count). The zero-order valence-corrected chi connectivity index (χ0v) is 21.7. The molecule has 1 atom stereocenters. The number of thioether (sulfide) groups is 1. The summed E-state index contributed by atoms with van der Waals surface area (Å²) in [5.41, 5.74) is 1.47. The smallest absolute Gasteiger partial charge is 0.251 e. The molecule has 2 amide bonds. The summed E-state index contributed by atoms with van der Waals surface area (Å²) in [4.78, 5) is 22.8. The van der Waals surface area contributed by atoms with Crippen LogP contribution in [0.5, 0.6) is 5.75 Å². The van der Waals surface area contributed by atoms with Gasteiger partial charge in [-0.25, -0.2) is 0 Å². The average molecular weight is 495 g/mol. The highest BCUT2D eigenvalue weighted by Gasteiger charge is 2.11. The van der Waals surface area contributed by atoms with Crippen LogP contribution in [0.4, 0.5) is 0 Å². The Balaban J connectivity index is 0.000000653. The Bertz CT molecular complexity index is 869. The third kappa shape index (κ3) is 12.9. The van der Waals surface area contributed by atoms with Gasteiger partial charge in [-0.15, -0.1) is 0 Å². The molecular weight excluding hydrogens is 460 g/mol. The van der Waals surface area contributed by atoms with Gasteiger partial charge in [-0.1, -0.05) is 54.2 Å². The molecule has 1 unspecified atom stereocenters. The fraction of sp³-hybridized carbons (Fsp3) is 0.375. The molecule has 0 aliphatic heterocycles. The number of carbonyl (C=O) groups excluding carboxylic acids is 2. The van der Waals surface area contributed by atoms with E-state index >= 15 is 0 Å². The fourth-order valence-electron chi connectivity index (χ4n) is 2.28. The number of halogens is 1. The Morgan fingerprint density at radius 2 is 1.97 bits per heavy atom. The zero-order valence-electron chi connectivity index (χ0n) is 20.1. The van der Waals surface area contributed by atoms with E-state index in [1.807, 2.05) is 52.1 Å². The van der Waals surface area contributed by atoms with Crippen molar-refractivity contribution >= 4 is 40.2 Å². The maximum atomic E-state index is 11.8. The van der Waals surface area contributed by atoms with E-state index in [1.165, 1.54) is 24.9 Å². The van der Waals surface area contributed by atoms with Gasteiger partial charge in [0, 0.05) is 12.6 Å². The molecule has 182 valence electrons. The Labute approximate surface area is 206 Å². The highest BCUT2D eigenvalue weighted by molar-refractivity contribution is 8.14. The van der Waals surface area contributed by atoms with Gasteiger partial charge in [0.25, 0.3) is 5.91 Å². The second-order valence-electron chi connectivity index (χ2n) is 6.91. The maximum Gasteiger partial charge on any atom is 0.251 e. The number of hydrogen-bond donors (Lipinski definition) is 4. The van der Waals surface area contributed by atoms with E-state index in [4.69, 9.17) is 21.7 Å². The molecule has 0 bridgehead atoms. The summed E-state index contributed by atoms with van der Waals surface area (Å²) in [5.74, 6) is -0.0969. The SMILES string of the molecule is C=C/C(=C\C=C/C)C(NC)SC(C)=N.CNC(=O)CNC(=O)c1ccc(OC(C)C)c(Cl)c1. The lowest BCUT2D eigenvalue weighted by atomic mass is 10.2. The van der Waals surface area contributed by atoms with Crippen LogP contribution in [0, 0.1) is 5.41 Å². The summed E-state index contributed by atoms with van der Waals surface area (Å²) in [6.45, 7) is 11.2. The van der Waals surface area contributed by atoms with E-state index in [1.54, 1.807) is 19.1 Å². The van der Waals surface area contributed by atoms with Crippen LogP contribution >= 0.6 is 23.4 Å². The summed E-state index contributed by atoms with van der Waals surface area (Å²) in [6.07, 6.45) is 7.77. The van der Waals surface area contributed by atoms with Crippen molar-refractivity contribution in [1.29, 1.82) is 5.41 Å². The third-order valence-electron chi connectivity index (χ3n) is 3.82. The van der Waals surface area contributed by atoms with Gasteiger partial charge in [-0.05, 0) is 58.5 Å². The predicted molar refractivity (Wildman–Crippen MR) is 141 cm³/mol. The predicted octanol–water partition coefficient (Wildman–Crippen LogP) is 4.55. The van der Waals surface area contributed by atoms with Gasteiger partial charge in [0.05, 0.1) is 28.1 Å². The topological polar surface area (TPSA) is 103 Å². The van der Waals surface area contributed by atoms with Gasteiger partial charge in [-0.2, -0.15) is 0 Å². The molecule has 0 spiro atoms. The largest absolute Gasteiger partial charge is 0.489 e. The van der Waals surface area contributed by atoms with E-state index in [0.717, 1.165) is 5.57 Å². The summed E-state index contributed by atoms with van der Waals surface area (Å²) < 4.78 is 5.47. The van der Waals surface area contributed by atoms with Crippen molar-refractivity contribution in [3.05, 3.63) is 65.2 Å². The Morgan fingerprint density at radius 3 is 2.42 bits per heavy atom. The molecule has 9 heteroatoms. The standard InChI is InChI=1S/C13H17ClN2O3.C11H18N2S/c1-8(2)19-11-5-4-9(6-10(11)14)13(18)16-7-12(17)15-3;1-5-7-8-10(6-2)11(13-4)14-9(3)12/h4-6,8H,7H2,1-3H3,(H,15,17)(H,16,18);5-8,11-13H,2H2,1,3-4H3/b;7-5-,10-8+,12-9?. The summed E-state index contributed by atoms with van der Waals surface area (Å²) in [6, 6.07) is 4.75. The minimum atomic E-state index is -0.360. The van der Waals surface area contributed by atoms with Crippen LogP contribution in [-0.2, 0) is 4.79 Å². The molecule has 7 nitrogen and oxygen atoms in total. The quantitative estimate of drug-likeness (QED) is 0.165. The number of amides is 2. The second kappa shape index (κ2) is 17.0. The molecule has 33 heavy (non-hydrogen) atoms. The normalized spacial score (nSPS) is 11.9. The van der Waals surface area contributed by atoms with Crippen LogP contribution in [0.2, 0.25) is 5.02 Å². The summed E-state index contributed by atoms with van der Waals surface area (Å²) >= 11 is 7.50. The first-order valence-corrected chi connectivity index (χ1v) is 11.6. The van der Waals surface area contributed by atoms with E-state index in [9.17, 15) is 9.59 Å². The van der Waals surface area contributed by atoms with Crippen molar-refractivity contribution in [3.8, 4) is 5.75 Å². The third-order valence-corrected chi connectivity index (χ3v) is 5.21. The van der Waals surface area contributed by atoms with Crippen LogP contribution < -0.4 is 20.7 Å².